The summed E-state index contributed by atoms with van der Waals surface area (Å²) in [6.45, 7) is 0. The molecule has 0 spiro atoms. The number of hydrogen-bond acceptors (Lipinski definition) is 3. The van der Waals surface area contributed by atoms with Crippen LogP contribution < -0.4 is 10.2 Å². The summed E-state index contributed by atoms with van der Waals surface area (Å²) in [6, 6.07) is 2.79. The molecular formula is C18H11F9N2O2S. The van der Waals surface area contributed by atoms with E-state index in [1.54, 1.807) is 5.32 Å². The largest absolute Gasteiger partial charge is 0.426 e. The second-order valence-corrected chi connectivity index (χ2v) is 7.32. The third-order valence-electron chi connectivity index (χ3n) is 3.83. The van der Waals surface area contributed by atoms with Crippen LogP contribution in [-0.4, -0.2) is 36.6 Å². The predicted octanol–water partition coefficient (Wildman–Crippen LogP) is 5.68. The molecule has 2 rings (SSSR count). The van der Waals surface area contributed by atoms with Gasteiger partial charge in [-0.25, -0.2) is 22.4 Å². The van der Waals surface area contributed by atoms with Gasteiger partial charge in [0.05, 0.1) is 5.69 Å². The molecule has 0 saturated carbocycles. The Balaban J connectivity index is 2.17. The number of amides is 3. The van der Waals surface area contributed by atoms with E-state index >= 15 is 0 Å². The molecule has 0 fully saturated rings. The molecule has 32 heavy (non-hydrogen) atoms. The van der Waals surface area contributed by atoms with Crippen molar-refractivity contribution in [2.75, 3.05) is 11.9 Å². The van der Waals surface area contributed by atoms with E-state index in [0.717, 1.165) is 25.2 Å². The zero-order chi connectivity index (χ0) is 24.4. The lowest BCUT2D eigenvalue weighted by atomic mass is 10.2. The fraction of sp³-hybridized carbons (Fsp3) is 0.222. The number of nitrogens with zero attached hydrogens (tertiary/aromatic N) is 1. The van der Waals surface area contributed by atoms with Gasteiger partial charge < -0.3 is 0 Å². The van der Waals surface area contributed by atoms with Crippen molar-refractivity contribution in [1.29, 1.82) is 0 Å². The van der Waals surface area contributed by atoms with Crippen LogP contribution in [-0.2, 0) is 0 Å². The average Bonchev–Trinajstić information content (AvgIpc) is 2.65. The van der Waals surface area contributed by atoms with E-state index in [1.807, 2.05) is 0 Å². The van der Waals surface area contributed by atoms with Gasteiger partial charge in [-0.1, -0.05) is 6.07 Å². The van der Waals surface area contributed by atoms with Gasteiger partial charge in [0.2, 0.25) is 0 Å². The Morgan fingerprint density at radius 1 is 0.969 bits per heavy atom. The highest BCUT2D eigenvalue weighted by Gasteiger charge is 2.57. The third-order valence-corrected chi connectivity index (χ3v) is 4.80. The van der Waals surface area contributed by atoms with Gasteiger partial charge in [0.1, 0.15) is 23.0 Å². The molecule has 174 valence electrons. The lowest BCUT2D eigenvalue weighted by Gasteiger charge is -2.22. The first-order valence-electron chi connectivity index (χ1n) is 8.25. The summed E-state index contributed by atoms with van der Waals surface area (Å²) in [5, 5.41) is -3.38. The van der Waals surface area contributed by atoms with Gasteiger partial charge in [0.15, 0.2) is 0 Å². The maximum atomic E-state index is 14.3. The number of alkyl halides is 6. The molecule has 0 aliphatic heterocycles. The Kier molecular flexibility index (Phi) is 7.37. The Labute approximate surface area is 178 Å². The lowest BCUT2D eigenvalue weighted by Crippen LogP contribution is -2.41. The highest BCUT2D eigenvalue weighted by atomic mass is 32.2. The van der Waals surface area contributed by atoms with Gasteiger partial charge in [0.25, 0.3) is 12.1 Å². The molecule has 2 aromatic carbocycles. The van der Waals surface area contributed by atoms with Crippen molar-refractivity contribution in [3.63, 3.8) is 0 Å². The van der Waals surface area contributed by atoms with Crippen molar-refractivity contribution in [2.24, 2.45) is 0 Å². The molecule has 3 amide bonds. The van der Waals surface area contributed by atoms with E-state index in [-0.39, 0.29) is 0 Å². The van der Waals surface area contributed by atoms with Crippen molar-refractivity contribution < 1.29 is 49.1 Å². The molecule has 0 aliphatic rings. The monoisotopic (exact) mass is 490 g/mol. The number of anilines is 1. The van der Waals surface area contributed by atoms with E-state index in [4.69, 9.17) is 0 Å². The standard InChI is InChI=1S/C18H11F9N2O2S/c1-29(16(31)28-14(30)13-9(19)3-2-4-10(13)20)12-6-5-8(7-11(12)21)32-18(26,27)15(22)17(23,24)25/h2-7,15H,1H3,(H,28,30,31). The maximum absolute atomic E-state index is 14.3. The topological polar surface area (TPSA) is 49.4 Å². The summed E-state index contributed by atoms with van der Waals surface area (Å²) >= 11 is -0.890. The van der Waals surface area contributed by atoms with E-state index in [0.29, 0.717) is 23.1 Å². The van der Waals surface area contributed by atoms with Crippen molar-refractivity contribution >= 4 is 29.4 Å². The van der Waals surface area contributed by atoms with Gasteiger partial charge in [0, 0.05) is 11.9 Å². The van der Waals surface area contributed by atoms with Crippen LogP contribution in [0, 0.1) is 17.5 Å². The third kappa shape index (κ3) is 5.66. The number of rotatable bonds is 5. The molecule has 0 aliphatic carbocycles. The molecule has 0 saturated heterocycles. The van der Waals surface area contributed by atoms with Crippen molar-refractivity contribution in [1.82, 2.24) is 5.32 Å². The Bertz CT molecular complexity index is 1010. The molecule has 1 atom stereocenters. The van der Waals surface area contributed by atoms with Gasteiger partial charge in [-0.05, 0) is 42.1 Å². The zero-order valence-corrected chi connectivity index (χ0v) is 16.4. The normalized spacial score (nSPS) is 12.9. The lowest BCUT2D eigenvalue weighted by molar-refractivity contribution is -0.219. The van der Waals surface area contributed by atoms with E-state index in [2.05, 4.69) is 0 Å². The number of carbonyl (C=O) groups excluding carboxylic acids is 2. The minimum Gasteiger partial charge on any atom is -0.294 e. The summed E-state index contributed by atoms with van der Waals surface area (Å²) in [4.78, 5) is 23.7. The molecule has 4 nitrogen and oxygen atoms in total. The van der Waals surface area contributed by atoms with Crippen LogP contribution in [0.3, 0.4) is 0 Å². The minimum absolute atomic E-state index is 0.319. The van der Waals surface area contributed by atoms with Crippen LogP contribution in [0.15, 0.2) is 41.3 Å². The fourth-order valence-electron chi connectivity index (χ4n) is 2.29. The number of carbonyl (C=O) groups is 2. The Hall–Kier alpha value is -2.90. The highest BCUT2D eigenvalue weighted by Crippen LogP contribution is 2.46. The van der Waals surface area contributed by atoms with Gasteiger partial charge >= 0.3 is 17.5 Å². The summed E-state index contributed by atoms with van der Waals surface area (Å²) in [6.07, 6.45) is -10.4. The van der Waals surface area contributed by atoms with Gasteiger partial charge in [-0.15, -0.1) is 0 Å². The quantitative estimate of drug-likeness (QED) is 0.434. The molecule has 0 aromatic heterocycles. The van der Waals surface area contributed by atoms with Crippen molar-refractivity contribution in [3.8, 4) is 0 Å². The first-order valence-corrected chi connectivity index (χ1v) is 9.07. The summed E-state index contributed by atoms with van der Waals surface area (Å²) in [5.74, 6) is -5.45. The SMILES string of the molecule is CN(C(=O)NC(=O)c1c(F)cccc1F)c1ccc(SC(F)(F)C(F)C(F)(F)F)cc1F. The highest BCUT2D eigenvalue weighted by molar-refractivity contribution is 8.00. The Morgan fingerprint density at radius 3 is 2.03 bits per heavy atom. The molecule has 0 heterocycles. The predicted molar refractivity (Wildman–Crippen MR) is 95.8 cm³/mol. The van der Waals surface area contributed by atoms with E-state index in [1.165, 1.54) is 0 Å². The van der Waals surface area contributed by atoms with E-state index in [9.17, 15) is 49.1 Å². The average molecular weight is 490 g/mol. The summed E-state index contributed by atoms with van der Waals surface area (Å²) < 4.78 is 118. The van der Waals surface area contributed by atoms with Crippen LogP contribution in [0.1, 0.15) is 10.4 Å². The molecule has 14 heteroatoms. The molecule has 1 unspecified atom stereocenters. The van der Waals surface area contributed by atoms with Crippen LogP contribution in [0.2, 0.25) is 0 Å². The molecular weight excluding hydrogens is 479 g/mol. The van der Waals surface area contributed by atoms with E-state index < -0.39 is 74.9 Å². The second-order valence-electron chi connectivity index (χ2n) is 6.10. The summed E-state index contributed by atoms with van der Waals surface area (Å²) in [7, 11) is 0.904. The van der Waals surface area contributed by atoms with Crippen LogP contribution in [0.5, 0.6) is 0 Å². The first kappa shape index (κ1) is 25.4. The maximum Gasteiger partial charge on any atom is 0.426 e. The van der Waals surface area contributed by atoms with Crippen molar-refractivity contribution in [2.45, 2.75) is 22.5 Å². The smallest absolute Gasteiger partial charge is 0.294 e. The number of nitrogens with one attached hydrogen (secondary N) is 1. The number of halogens is 9. The number of hydrogen-bond donors (Lipinski definition) is 1. The molecule has 2 aromatic rings. The summed E-state index contributed by atoms with van der Waals surface area (Å²) in [5.41, 5.74) is -1.72. The number of benzene rings is 2. The van der Waals surface area contributed by atoms with Crippen LogP contribution in [0.25, 0.3) is 0 Å². The van der Waals surface area contributed by atoms with Crippen LogP contribution >= 0.6 is 11.8 Å². The van der Waals surface area contributed by atoms with Crippen molar-refractivity contribution in [3.05, 3.63) is 59.4 Å². The molecule has 0 radical (unpaired) electrons. The fourth-order valence-corrected chi connectivity index (χ4v) is 3.14. The Morgan fingerprint density at radius 2 is 1.53 bits per heavy atom. The van der Waals surface area contributed by atoms with Gasteiger partial charge in [-0.2, -0.15) is 22.0 Å². The van der Waals surface area contributed by atoms with Crippen LogP contribution in [0.4, 0.5) is 50.0 Å². The number of urea groups is 1. The van der Waals surface area contributed by atoms with Gasteiger partial charge in [-0.3, -0.25) is 15.0 Å². The molecule has 1 N–H and O–H groups in total. The zero-order valence-electron chi connectivity index (χ0n) is 15.6. The number of thioether (sulfide) groups is 1. The number of imide groups is 1. The molecule has 0 bridgehead atoms. The minimum atomic E-state index is -5.85. The first-order chi connectivity index (χ1) is 14.6. The second kappa shape index (κ2) is 9.30.